The standard InChI is InChI=1S/C21H27N3O6/c1-14(24-20(27)16-5-3-4-6-17(16)21(24)28)19(26)22-15-7-9-23(10-8-15)18(25)13-30-12-11-29-2/h3-6,14-15H,7-13H2,1-2H3,(H,22,26). The second-order valence-corrected chi connectivity index (χ2v) is 7.41. The van der Waals surface area contributed by atoms with Crippen molar-refractivity contribution < 1.29 is 28.7 Å². The number of amides is 4. The number of imide groups is 1. The van der Waals surface area contributed by atoms with Crippen molar-refractivity contribution in [3.63, 3.8) is 0 Å². The molecule has 1 fully saturated rings. The number of piperidine rings is 1. The molecule has 30 heavy (non-hydrogen) atoms. The number of benzene rings is 1. The van der Waals surface area contributed by atoms with Crippen LogP contribution < -0.4 is 5.32 Å². The molecule has 1 saturated heterocycles. The molecule has 1 aromatic rings. The molecular weight excluding hydrogens is 390 g/mol. The SMILES string of the molecule is COCCOCC(=O)N1CCC(NC(=O)C(C)N2C(=O)c3ccccc3C2=O)CC1. The summed E-state index contributed by atoms with van der Waals surface area (Å²) in [6, 6.07) is 5.53. The summed E-state index contributed by atoms with van der Waals surface area (Å²) < 4.78 is 10.1. The zero-order valence-electron chi connectivity index (χ0n) is 17.3. The molecule has 0 radical (unpaired) electrons. The third-order valence-electron chi connectivity index (χ3n) is 5.44. The van der Waals surface area contributed by atoms with E-state index in [1.807, 2.05) is 0 Å². The molecule has 0 aliphatic carbocycles. The molecule has 2 heterocycles. The third-order valence-corrected chi connectivity index (χ3v) is 5.44. The molecule has 4 amide bonds. The topological polar surface area (TPSA) is 105 Å². The molecule has 0 bridgehead atoms. The predicted molar refractivity (Wildman–Crippen MR) is 107 cm³/mol. The number of methoxy groups -OCH3 is 1. The normalized spacial score (nSPS) is 17.8. The molecule has 2 aliphatic heterocycles. The fraction of sp³-hybridized carbons (Fsp3) is 0.524. The van der Waals surface area contributed by atoms with Gasteiger partial charge in [-0.3, -0.25) is 24.1 Å². The lowest BCUT2D eigenvalue weighted by atomic mass is 10.0. The van der Waals surface area contributed by atoms with Crippen molar-refractivity contribution in [2.45, 2.75) is 31.8 Å². The maximum Gasteiger partial charge on any atom is 0.262 e. The van der Waals surface area contributed by atoms with Crippen LogP contribution in [0.25, 0.3) is 0 Å². The van der Waals surface area contributed by atoms with Gasteiger partial charge in [0.25, 0.3) is 11.8 Å². The Labute approximate surface area is 175 Å². The van der Waals surface area contributed by atoms with Crippen LogP contribution in [0.2, 0.25) is 0 Å². The van der Waals surface area contributed by atoms with Gasteiger partial charge in [0, 0.05) is 26.2 Å². The lowest BCUT2D eigenvalue weighted by molar-refractivity contribution is -0.137. The van der Waals surface area contributed by atoms with E-state index in [-0.39, 0.29) is 24.5 Å². The summed E-state index contributed by atoms with van der Waals surface area (Å²) >= 11 is 0. The van der Waals surface area contributed by atoms with Crippen LogP contribution in [0.5, 0.6) is 0 Å². The number of likely N-dealkylation sites (tertiary alicyclic amines) is 1. The van der Waals surface area contributed by atoms with Gasteiger partial charge in [-0.25, -0.2) is 0 Å². The van der Waals surface area contributed by atoms with Crippen molar-refractivity contribution in [2.24, 2.45) is 0 Å². The van der Waals surface area contributed by atoms with Gasteiger partial charge in [-0.2, -0.15) is 0 Å². The van der Waals surface area contributed by atoms with Crippen LogP contribution in [0.3, 0.4) is 0 Å². The third kappa shape index (κ3) is 4.68. The van der Waals surface area contributed by atoms with Gasteiger partial charge in [-0.15, -0.1) is 0 Å². The molecule has 1 N–H and O–H groups in total. The van der Waals surface area contributed by atoms with Gasteiger partial charge in [0.15, 0.2) is 0 Å². The minimum absolute atomic E-state index is 0.0111. The highest BCUT2D eigenvalue weighted by Crippen LogP contribution is 2.24. The summed E-state index contributed by atoms with van der Waals surface area (Å²) in [5.74, 6) is -1.37. The average molecular weight is 417 g/mol. The van der Waals surface area contributed by atoms with Crippen LogP contribution >= 0.6 is 0 Å². The summed E-state index contributed by atoms with van der Waals surface area (Å²) in [6.45, 7) is 3.39. The summed E-state index contributed by atoms with van der Waals surface area (Å²) in [6.07, 6.45) is 1.20. The van der Waals surface area contributed by atoms with Gasteiger partial charge in [0.2, 0.25) is 11.8 Å². The molecule has 1 aromatic carbocycles. The zero-order chi connectivity index (χ0) is 21.7. The van der Waals surface area contributed by atoms with Gasteiger partial charge >= 0.3 is 0 Å². The largest absolute Gasteiger partial charge is 0.382 e. The summed E-state index contributed by atoms with van der Waals surface area (Å²) in [5, 5.41) is 2.91. The minimum Gasteiger partial charge on any atom is -0.382 e. The highest BCUT2D eigenvalue weighted by Gasteiger charge is 2.41. The second-order valence-electron chi connectivity index (χ2n) is 7.41. The van der Waals surface area contributed by atoms with E-state index in [2.05, 4.69) is 5.32 Å². The van der Waals surface area contributed by atoms with E-state index in [1.165, 1.54) is 0 Å². The average Bonchev–Trinajstić information content (AvgIpc) is 3.01. The van der Waals surface area contributed by atoms with Gasteiger partial charge in [-0.05, 0) is 31.9 Å². The Balaban J connectivity index is 1.48. The number of nitrogens with zero attached hydrogens (tertiary/aromatic N) is 2. The molecule has 9 heteroatoms. The van der Waals surface area contributed by atoms with Crippen LogP contribution in [0.15, 0.2) is 24.3 Å². The number of fused-ring (bicyclic) bond motifs is 1. The van der Waals surface area contributed by atoms with Gasteiger partial charge < -0.3 is 19.7 Å². The monoisotopic (exact) mass is 417 g/mol. The molecule has 3 rings (SSSR count). The maximum atomic E-state index is 12.7. The van der Waals surface area contributed by atoms with Crippen molar-refractivity contribution in [1.82, 2.24) is 15.1 Å². The highest BCUT2D eigenvalue weighted by molar-refractivity contribution is 6.22. The minimum atomic E-state index is -0.911. The fourth-order valence-corrected chi connectivity index (χ4v) is 3.66. The molecule has 0 saturated carbocycles. The molecule has 9 nitrogen and oxygen atoms in total. The van der Waals surface area contributed by atoms with Crippen molar-refractivity contribution in [3.05, 3.63) is 35.4 Å². The van der Waals surface area contributed by atoms with Crippen LogP contribution in [0.1, 0.15) is 40.5 Å². The van der Waals surface area contributed by atoms with Crippen molar-refractivity contribution >= 4 is 23.6 Å². The van der Waals surface area contributed by atoms with E-state index in [0.29, 0.717) is 50.3 Å². The Kier molecular flexibility index (Phi) is 7.17. The highest BCUT2D eigenvalue weighted by atomic mass is 16.5. The molecular formula is C21H27N3O6. The Hall–Kier alpha value is -2.78. The van der Waals surface area contributed by atoms with Crippen LogP contribution in [0, 0.1) is 0 Å². The second kappa shape index (κ2) is 9.82. The van der Waals surface area contributed by atoms with E-state index in [4.69, 9.17) is 9.47 Å². The first-order chi connectivity index (χ1) is 14.4. The maximum absolute atomic E-state index is 12.7. The number of rotatable bonds is 8. The summed E-state index contributed by atoms with van der Waals surface area (Å²) in [5.41, 5.74) is 0.642. The molecule has 2 aliphatic rings. The smallest absolute Gasteiger partial charge is 0.262 e. The van der Waals surface area contributed by atoms with Gasteiger partial charge in [0.1, 0.15) is 12.6 Å². The van der Waals surface area contributed by atoms with E-state index in [0.717, 1.165) is 4.90 Å². The van der Waals surface area contributed by atoms with E-state index < -0.39 is 17.9 Å². The first kappa shape index (κ1) is 21.9. The van der Waals surface area contributed by atoms with Crippen molar-refractivity contribution in [3.8, 4) is 0 Å². The Morgan fingerprint density at radius 2 is 1.70 bits per heavy atom. The number of ether oxygens (including phenoxy) is 2. The molecule has 0 aromatic heterocycles. The first-order valence-corrected chi connectivity index (χ1v) is 10.1. The molecule has 1 atom stereocenters. The molecule has 0 spiro atoms. The van der Waals surface area contributed by atoms with Gasteiger partial charge in [0.05, 0.1) is 24.3 Å². The molecule has 162 valence electrons. The van der Waals surface area contributed by atoms with E-state index >= 15 is 0 Å². The summed E-state index contributed by atoms with van der Waals surface area (Å²) in [7, 11) is 1.57. The number of carbonyl (C=O) groups excluding carboxylic acids is 4. The Bertz CT molecular complexity index is 784. The van der Waals surface area contributed by atoms with Gasteiger partial charge in [-0.1, -0.05) is 12.1 Å². The lowest BCUT2D eigenvalue weighted by Crippen LogP contribution is -2.53. The van der Waals surface area contributed by atoms with Crippen LogP contribution in [-0.2, 0) is 19.1 Å². The van der Waals surface area contributed by atoms with Crippen molar-refractivity contribution in [2.75, 3.05) is 40.0 Å². The number of carbonyl (C=O) groups is 4. The quantitative estimate of drug-likeness (QED) is 0.486. The number of hydrogen-bond donors (Lipinski definition) is 1. The van der Waals surface area contributed by atoms with E-state index in [1.54, 1.807) is 43.2 Å². The Morgan fingerprint density at radius 3 is 2.27 bits per heavy atom. The van der Waals surface area contributed by atoms with Crippen LogP contribution in [-0.4, -0.2) is 85.5 Å². The molecule has 1 unspecified atom stereocenters. The Morgan fingerprint density at radius 1 is 1.10 bits per heavy atom. The number of hydrogen-bond acceptors (Lipinski definition) is 6. The summed E-state index contributed by atoms with van der Waals surface area (Å²) in [4.78, 5) is 52.7. The predicted octanol–water partition coefficient (Wildman–Crippen LogP) is 0.441. The van der Waals surface area contributed by atoms with Crippen LogP contribution in [0.4, 0.5) is 0 Å². The number of nitrogens with one attached hydrogen (secondary N) is 1. The van der Waals surface area contributed by atoms with Crippen molar-refractivity contribution in [1.29, 1.82) is 0 Å². The van der Waals surface area contributed by atoms with E-state index in [9.17, 15) is 19.2 Å². The fourth-order valence-electron chi connectivity index (χ4n) is 3.66. The first-order valence-electron chi connectivity index (χ1n) is 10.1. The lowest BCUT2D eigenvalue weighted by Gasteiger charge is -2.33. The zero-order valence-corrected chi connectivity index (χ0v) is 17.3.